The standard InChI is InChI=1S/C17H25N/c1-18-17(15-5-2-3-6-15)16-11-9-14(10-12-16)13-7-4-8-13/h9-13,15,17-18H,2-8H2,1H3. The molecule has 0 radical (unpaired) electrons. The van der Waals surface area contributed by atoms with Gasteiger partial charge in [0.05, 0.1) is 0 Å². The average molecular weight is 243 g/mol. The molecule has 1 nitrogen and oxygen atoms in total. The number of nitrogens with one attached hydrogen (secondary N) is 1. The van der Waals surface area contributed by atoms with Crippen molar-refractivity contribution in [3.8, 4) is 0 Å². The van der Waals surface area contributed by atoms with E-state index in [2.05, 4.69) is 36.6 Å². The first-order chi connectivity index (χ1) is 8.88. The van der Waals surface area contributed by atoms with Gasteiger partial charge in [0, 0.05) is 6.04 Å². The zero-order chi connectivity index (χ0) is 12.4. The second-order valence-corrected chi connectivity index (χ2v) is 6.11. The van der Waals surface area contributed by atoms with Gasteiger partial charge in [-0.25, -0.2) is 0 Å². The molecule has 1 aromatic rings. The summed E-state index contributed by atoms with van der Waals surface area (Å²) < 4.78 is 0. The minimum absolute atomic E-state index is 0.572. The van der Waals surface area contributed by atoms with Gasteiger partial charge in [0.2, 0.25) is 0 Å². The van der Waals surface area contributed by atoms with E-state index in [-0.39, 0.29) is 0 Å². The number of hydrogen-bond donors (Lipinski definition) is 1. The molecule has 98 valence electrons. The predicted molar refractivity (Wildman–Crippen MR) is 76.8 cm³/mol. The highest BCUT2D eigenvalue weighted by Gasteiger charge is 2.25. The molecule has 0 bridgehead atoms. The zero-order valence-corrected chi connectivity index (χ0v) is 11.5. The molecule has 18 heavy (non-hydrogen) atoms. The lowest BCUT2D eigenvalue weighted by molar-refractivity contribution is 0.389. The quantitative estimate of drug-likeness (QED) is 0.826. The first-order valence-corrected chi connectivity index (χ1v) is 7.65. The van der Waals surface area contributed by atoms with Gasteiger partial charge >= 0.3 is 0 Å². The lowest BCUT2D eigenvalue weighted by atomic mass is 9.79. The summed E-state index contributed by atoms with van der Waals surface area (Å²) in [5, 5.41) is 3.54. The SMILES string of the molecule is CNC(c1ccc(C2CCC2)cc1)C1CCCC1. The van der Waals surface area contributed by atoms with Crippen LogP contribution in [0.2, 0.25) is 0 Å². The van der Waals surface area contributed by atoms with Crippen LogP contribution < -0.4 is 5.32 Å². The molecule has 0 aromatic heterocycles. The van der Waals surface area contributed by atoms with E-state index in [1.165, 1.54) is 50.5 Å². The van der Waals surface area contributed by atoms with Crippen LogP contribution in [0.25, 0.3) is 0 Å². The van der Waals surface area contributed by atoms with E-state index in [0.717, 1.165) is 11.8 Å². The van der Waals surface area contributed by atoms with Gasteiger partial charge in [-0.15, -0.1) is 0 Å². The molecule has 0 saturated heterocycles. The smallest absolute Gasteiger partial charge is 0.0346 e. The van der Waals surface area contributed by atoms with Crippen LogP contribution in [0.15, 0.2) is 24.3 Å². The fourth-order valence-electron chi connectivity index (χ4n) is 3.68. The molecule has 2 aliphatic rings. The molecule has 1 N–H and O–H groups in total. The summed E-state index contributed by atoms with van der Waals surface area (Å²) in [5.41, 5.74) is 3.05. The maximum Gasteiger partial charge on any atom is 0.0346 e. The van der Waals surface area contributed by atoms with Crippen molar-refractivity contribution in [1.82, 2.24) is 5.32 Å². The summed E-state index contributed by atoms with van der Waals surface area (Å²) in [6, 6.07) is 10.1. The highest BCUT2D eigenvalue weighted by atomic mass is 14.9. The van der Waals surface area contributed by atoms with Crippen molar-refractivity contribution in [2.24, 2.45) is 5.92 Å². The summed E-state index contributed by atoms with van der Waals surface area (Å²) in [6.45, 7) is 0. The Hall–Kier alpha value is -0.820. The van der Waals surface area contributed by atoms with E-state index in [1.807, 2.05) is 0 Å². The molecule has 1 atom stereocenters. The fourth-order valence-corrected chi connectivity index (χ4v) is 3.68. The second-order valence-electron chi connectivity index (χ2n) is 6.11. The highest BCUT2D eigenvalue weighted by molar-refractivity contribution is 5.29. The predicted octanol–water partition coefficient (Wildman–Crippen LogP) is 4.40. The molecular weight excluding hydrogens is 218 g/mol. The summed E-state index contributed by atoms with van der Waals surface area (Å²) in [6.07, 6.45) is 9.86. The Kier molecular flexibility index (Phi) is 3.69. The first kappa shape index (κ1) is 12.2. The summed E-state index contributed by atoms with van der Waals surface area (Å²) in [5.74, 6) is 1.71. The fraction of sp³-hybridized carbons (Fsp3) is 0.647. The Morgan fingerprint density at radius 1 is 0.944 bits per heavy atom. The molecule has 0 amide bonds. The van der Waals surface area contributed by atoms with E-state index < -0.39 is 0 Å². The Morgan fingerprint density at radius 2 is 1.61 bits per heavy atom. The third-order valence-electron chi connectivity index (χ3n) is 5.05. The molecule has 2 saturated carbocycles. The summed E-state index contributed by atoms with van der Waals surface area (Å²) in [7, 11) is 2.11. The molecule has 2 fully saturated rings. The van der Waals surface area contributed by atoms with Crippen LogP contribution in [-0.2, 0) is 0 Å². The molecule has 0 aliphatic heterocycles. The molecule has 1 aromatic carbocycles. The Morgan fingerprint density at radius 3 is 2.11 bits per heavy atom. The van der Waals surface area contributed by atoms with Crippen molar-refractivity contribution >= 4 is 0 Å². The molecule has 0 heterocycles. The lowest BCUT2D eigenvalue weighted by Crippen LogP contribution is -2.23. The summed E-state index contributed by atoms with van der Waals surface area (Å²) >= 11 is 0. The van der Waals surface area contributed by atoms with Crippen molar-refractivity contribution in [1.29, 1.82) is 0 Å². The normalized spacial score (nSPS) is 22.9. The van der Waals surface area contributed by atoms with E-state index in [1.54, 1.807) is 5.56 Å². The molecular formula is C17H25N. The highest BCUT2D eigenvalue weighted by Crippen LogP contribution is 2.38. The number of rotatable bonds is 4. The Balaban J connectivity index is 1.73. The largest absolute Gasteiger partial charge is 0.313 e. The van der Waals surface area contributed by atoms with Crippen LogP contribution >= 0.6 is 0 Å². The van der Waals surface area contributed by atoms with Gasteiger partial charge in [-0.05, 0) is 55.7 Å². The molecule has 1 unspecified atom stereocenters. The van der Waals surface area contributed by atoms with Crippen LogP contribution in [-0.4, -0.2) is 7.05 Å². The molecule has 1 heteroatoms. The number of benzene rings is 1. The van der Waals surface area contributed by atoms with Crippen molar-refractivity contribution in [2.45, 2.75) is 56.9 Å². The monoisotopic (exact) mass is 243 g/mol. The Bertz CT molecular complexity index is 371. The Labute approximate surface area is 111 Å². The lowest BCUT2D eigenvalue weighted by Gasteiger charge is -2.27. The van der Waals surface area contributed by atoms with Gasteiger partial charge in [0.25, 0.3) is 0 Å². The van der Waals surface area contributed by atoms with Gasteiger partial charge in [-0.2, -0.15) is 0 Å². The zero-order valence-electron chi connectivity index (χ0n) is 11.5. The molecule has 3 rings (SSSR count). The summed E-state index contributed by atoms with van der Waals surface area (Å²) in [4.78, 5) is 0. The van der Waals surface area contributed by atoms with Gasteiger partial charge in [0.15, 0.2) is 0 Å². The van der Waals surface area contributed by atoms with Crippen LogP contribution in [0, 0.1) is 5.92 Å². The third kappa shape index (κ3) is 2.33. The third-order valence-corrected chi connectivity index (χ3v) is 5.05. The maximum atomic E-state index is 3.54. The minimum atomic E-state index is 0.572. The van der Waals surface area contributed by atoms with Crippen LogP contribution in [0.5, 0.6) is 0 Å². The van der Waals surface area contributed by atoms with Crippen molar-refractivity contribution in [2.75, 3.05) is 7.05 Å². The van der Waals surface area contributed by atoms with E-state index in [9.17, 15) is 0 Å². The molecule has 2 aliphatic carbocycles. The van der Waals surface area contributed by atoms with E-state index >= 15 is 0 Å². The maximum absolute atomic E-state index is 3.54. The van der Waals surface area contributed by atoms with Crippen molar-refractivity contribution in [3.63, 3.8) is 0 Å². The van der Waals surface area contributed by atoms with Crippen molar-refractivity contribution < 1.29 is 0 Å². The van der Waals surface area contributed by atoms with Gasteiger partial charge < -0.3 is 5.32 Å². The average Bonchev–Trinajstić information content (AvgIpc) is 2.84. The number of hydrogen-bond acceptors (Lipinski definition) is 1. The van der Waals surface area contributed by atoms with Crippen LogP contribution in [0.4, 0.5) is 0 Å². The molecule has 0 spiro atoms. The van der Waals surface area contributed by atoms with Crippen LogP contribution in [0.3, 0.4) is 0 Å². The van der Waals surface area contributed by atoms with Crippen LogP contribution in [0.1, 0.15) is 68.0 Å². The van der Waals surface area contributed by atoms with Gasteiger partial charge in [0.1, 0.15) is 0 Å². The minimum Gasteiger partial charge on any atom is -0.313 e. The van der Waals surface area contributed by atoms with E-state index in [4.69, 9.17) is 0 Å². The van der Waals surface area contributed by atoms with Gasteiger partial charge in [-0.3, -0.25) is 0 Å². The van der Waals surface area contributed by atoms with E-state index in [0.29, 0.717) is 6.04 Å². The first-order valence-electron chi connectivity index (χ1n) is 7.65. The van der Waals surface area contributed by atoms with Gasteiger partial charge in [-0.1, -0.05) is 43.5 Å². The van der Waals surface area contributed by atoms with Crippen molar-refractivity contribution in [3.05, 3.63) is 35.4 Å². The second kappa shape index (κ2) is 5.44. The topological polar surface area (TPSA) is 12.0 Å².